The SMILES string of the molecule is CCOC(=O)N1CC[NH+](Cc2cc(=O)oc3c(C)c(O)ccc23)CC1. The van der Waals surface area contributed by atoms with Crippen LogP contribution in [0.1, 0.15) is 18.1 Å². The molecular weight excluding hydrogens is 324 g/mol. The Morgan fingerprint density at radius 3 is 2.76 bits per heavy atom. The first-order chi connectivity index (χ1) is 12.0. The normalized spacial score (nSPS) is 15.5. The second-order valence-corrected chi connectivity index (χ2v) is 6.29. The van der Waals surface area contributed by atoms with Crippen molar-refractivity contribution in [3.05, 3.63) is 39.7 Å². The Bertz CT molecular complexity index is 837. The minimum Gasteiger partial charge on any atom is -0.508 e. The summed E-state index contributed by atoms with van der Waals surface area (Å²) in [6.07, 6.45) is -0.265. The molecule has 1 saturated heterocycles. The minimum absolute atomic E-state index is 0.114. The van der Waals surface area contributed by atoms with Gasteiger partial charge in [-0.05, 0) is 26.0 Å². The number of hydrogen-bond donors (Lipinski definition) is 2. The largest absolute Gasteiger partial charge is 0.508 e. The van der Waals surface area contributed by atoms with Crippen molar-refractivity contribution < 1.29 is 24.0 Å². The summed E-state index contributed by atoms with van der Waals surface area (Å²) in [6.45, 7) is 7.42. The summed E-state index contributed by atoms with van der Waals surface area (Å²) in [6, 6.07) is 4.92. The first-order valence-electron chi connectivity index (χ1n) is 8.50. The number of phenols is 1. The maximum atomic E-state index is 11.9. The van der Waals surface area contributed by atoms with Crippen molar-refractivity contribution in [1.29, 1.82) is 0 Å². The van der Waals surface area contributed by atoms with E-state index >= 15 is 0 Å². The van der Waals surface area contributed by atoms with E-state index in [9.17, 15) is 14.7 Å². The van der Waals surface area contributed by atoms with E-state index in [0.717, 1.165) is 24.0 Å². The van der Waals surface area contributed by atoms with E-state index in [1.54, 1.807) is 30.9 Å². The van der Waals surface area contributed by atoms with E-state index in [2.05, 4.69) is 0 Å². The molecule has 0 unspecified atom stereocenters. The number of piperazine rings is 1. The zero-order valence-corrected chi connectivity index (χ0v) is 14.5. The molecule has 1 aliphatic rings. The van der Waals surface area contributed by atoms with Crippen LogP contribution in [0.4, 0.5) is 4.79 Å². The number of aromatic hydroxyl groups is 1. The van der Waals surface area contributed by atoms with Gasteiger partial charge in [0.15, 0.2) is 0 Å². The van der Waals surface area contributed by atoms with Crippen molar-refractivity contribution in [2.75, 3.05) is 32.8 Å². The van der Waals surface area contributed by atoms with Crippen LogP contribution >= 0.6 is 0 Å². The van der Waals surface area contributed by atoms with Gasteiger partial charge in [0.2, 0.25) is 0 Å². The Morgan fingerprint density at radius 2 is 2.08 bits per heavy atom. The second kappa shape index (κ2) is 7.14. The number of nitrogens with one attached hydrogen (secondary N) is 1. The van der Waals surface area contributed by atoms with Gasteiger partial charge in [-0.1, -0.05) is 0 Å². The Morgan fingerprint density at radius 1 is 1.36 bits per heavy atom. The average Bonchev–Trinajstić information content (AvgIpc) is 2.59. The molecule has 0 bridgehead atoms. The number of fused-ring (bicyclic) bond motifs is 1. The highest BCUT2D eigenvalue weighted by atomic mass is 16.6. The number of ether oxygens (including phenoxy) is 1. The van der Waals surface area contributed by atoms with Crippen LogP contribution in [0, 0.1) is 6.92 Å². The van der Waals surface area contributed by atoms with Gasteiger partial charge in [-0.3, -0.25) is 4.90 Å². The van der Waals surface area contributed by atoms with Crippen molar-refractivity contribution in [2.24, 2.45) is 0 Å². The van der Waals surface area contributed by atoms with Gasteiger partial charge in [0.25, 0.3) is 0 Å². The van der Waals surface area contributed by atoms with Gasteiger partial charge >= 0.3 is 11.7 Å². The Hall–Kier alpha value is -2.54. The van der Waals surface area contributed by atoms with E-state index in [-0.39, 0.29) is 11.8 Å². The Balaban J connectivity index is 1.77. The fourth-order valence-corrected chi connectivity index (χ4v) is 3.23. The van der Waals surface area contributed by atoms with Gasteiger partial charge in [-0.15, -0.1) is 0 Å². The van der Waals surface area contributed by atoms with Gasteiger partial charge in [-0.2, -0.15) is 0 Å². The third kappa shape index (κ3) is 3.61. The first kappa shape index (κ1) is 17.3. The molecule has 1 aliphatic heterocycles. The lowest BCUT2D eigenvalue weighted by atomic mass is 10.1. The lowest BCUT2D eigenvalue weighted by molar-refractivity contribution is -0.917. The van der Waals surface area contributed by atoms with Crippen LogP contribution in [0.25, 0.3) is 11.0 Å². The molecule has 1 aromatic heterocycles. The zero-order valence-electron chi connectivity index (χ0n) is 14.5. The fourth-order valence-electron chi connectivity index (χ4n) is 3.23. The van der Waals surface area contributed by atoms with Crippen LogP contribution in [0.15, 0.2) is 27.4 Å². The monoisotopic (exact) mass is 347 g/mol. The van der Waals surface area contributed by atoms with Gasteiger partial charge < -0.3 is 19.2 Å². The van der Waals surface area contributed by atoms with Gasteiger partial charge in [0, 0.05) is 22.6 Å². The summed E-state index contributed by atoms with van der Waals surface area (Å²) in [7, 11) is 0. The summed E-state index contributed by atoms with van der Waals surface area (Å²) in [5, 5.41) is 10.7. The first-order valence-corrected chi connectivity index (χ1v) is 8.50. The summed E-state index contributed by atoms with van der Waals surface area (Å²) in [5.74, 6) is 0.114. The number of quaternary nitrogens is 1. The van der Waals surface area contributed by atoms with Crippen LogP contribution in [0.2, 0.25) is 0 Å². The molecule has 0 spiro atoms. The van der Waals surface area contributed by atoms with Crippen molar-refractivity contribution >= 4 is 17.1 Å². The van der Waals surface area contributed by atoms with Gasteiger partial charge in [-0.25, -0.2) is 9.59 Å². The standard InChI is InChI=1S/C18H22N2O5/c1-3-24-18(23)20-8-6-19(7-9-20)11-13-10-16(22)25-17-12(2)15(21)5-4-14(13)17/h4-5,10,21H,3,6-9,11H2,1-2H3/p+1. The molecule has 3 rings (SSSR count). The van der Waals surface area contributed by atoms with Crippen LogP contribution in [0.3, 0.4) is 0 Å². The predicted molar refractivity (Wildman–Crippen MR) is 91.9 cm³/mol. The van der Waals surface area contributed by atoms with E-state index < -0.39 is 5.63 Å². The molecule has 1 aromatic carbocycles. The third-order valence-electron chi connectivity index (χ3n) is 4.65. The van der Waals surface area contributed by atoms with Crippen LogP contribution in [-0.2, 0) is 11.3 Å². The second-order valence-electron chi connectivity index (χ2n) is 6.29. The number of rotatable bonds is 3. The summed E-state index contributed by atoms with van der Waals surface area (Å²) in [4.78, 5) is 26.7. The molecule has 7 heteroatoms. The highest BCUT2D eigenvalue weighted by Gasteiger charge is 2.25. The molecule has 2 heterocycles. The number of nitrogens with zero attached hydrogens (tertiary/aromatic N) is 1. The number of amides is 1. The summed E-state index contributed by atoms with van der Waals surface area (Å²) < 4.78 is 10.3. The predicted octanol–water partition coefficient (Wildman–Crippen LogP) is 0.664. The Kier molecular flexibility index (Phi) is 4.94. The quantitative estimate of drug-likeness (QED) is 0.797. The van der Waals surface area contributed by atoms with Crippen molar-refractivity contribution in [1.82, 2.24) is 4.90 Å². The molecule has 0 atom stereocenters. The number of aryl methyl sites for hydroxylation is 1. The maximum Gasteiger partial charge on any atom is 0.410 e. The van der Waals surface area contributed by atoms with Crippen molar-refractivity contribution in [3.8, 4) is 5.75 Å². The summed E-state index contributed by atoms with van der Waals surface area (Å²) >= 11 is 0. The smallest absolute Gasteiger partial charge is 0.410 e. The van der Waals surface area contributed by atoms with Crippen LogP contribution in [0.5, 0.6) is 5.75 Å². The van der Waals surface area contributed by atoms with Crippen LogP contribution in [-0.4, -0.2) is 48.9 Å². The number of benzene rings is 1. The zero-order chi connectivity index (χ0) is 18.0. The Labute approximate surface area is 145 Å². The molecule has 0 radical (unpaired) electrons. The topological polar surface area (TPSA) is 84.4 Å². The molecule has 1 fully saturated rings. The lowest BCUT2D eigenvalue weighted by Gasteiger charge is -2.31. The molecule has 0 saturated carbocycles. The van der Waals surface area contributed by atoms with Crippen LogP contribution < -0.4 is 10.5 Å². The number of phenolic OH excluding ortho intramolecular Hbond substituents is 1. The molecular formula is C18H23N2O5+. The number of carbonyl (C=O) groups is 1. The summed E-state index contributed by atoms with van der Waals surface area (Å²) in [5.41, 5.74) is 1.49. The van der Waals surface area contributed by atoms with Crippen molar-refractivity contribution in [3.63, 3.8) is 0 Å². The molecule has 2 aromatic rings. The minimum atomic E-state index is -0.416. The number of hydrogen-bond acceptors (Lipinski definition) is 5. The maximum absolute atomic E-state index is 11.9. The molecule has 2 N–H and O–H groups in total. The van der Waals surface area contributed by atoms with Gasteiger partial charge in [0.05, 0.1) is 32.8 Å². The van der Waals surface area contributed by atoms with Gasteiger partial charge in [0.1, 0.15) is 17.9 Å². The molecule has 1 amide bonds. The average molecular weight is 347 g/mol. The van der Waals surface area contributed by atoms with E-state index in [0.29, 0.717) is 37.4 Å². The van der Waals surface area contributed by atoms with E-state index in [1.807, 2.05) is 0 Å². The van der Waals surface area contributed by atoms with E-state index in [1.165, 1.54) is 11.0 Å². The van der Waals surface area contributed by atoms with E-state index in [4.69, 9.17) is 9.15 Å². The molecule has 0 aliphatic carbocycles. The molecule has 25 heavy (non-hydrogen) atoms. The lowest BCUT2D eigenvalue weighted by Crippen LogP contribution is -3.13. The highest BCUT2D eigenvalue weighted by Crippen LogP contribution is 2.27. The third-order valence-corrected chi connectivity index (χ3v) is 4.65. The molecule has 7 nitrogen and oxygen atoms in total. The highest BCUT2D eigenvalue weighted by molar-refractivity contribution is 5.84. The van der Waals surface area contributed by atoms with Crippen molar-refractivity contribution in [2.45, 2.75) is 20.4 Å². The molecule has 134 valence electrons. The number of carbonyl (C=O) groups excluding carboxylic acids is 1. The fraction of sp³-hybridized carbons (Fsp3) is 0.444.